The quantitative estimate of drug-likeness (QED) is 0.774. The number of rotatable bonds is 7. The smallest absolute Gasteiger partial charge is 0.317 e. The van der Waals surface area contributed by atoms with Crippen molar-refractivity contribution >= 4 is 17.4 Å². The largest absolute Gasteiger partial charge is 0.382 e. The summed E-state index contributed by atoms with van der Waals surface area (Å²) in [5, 5.41) is 4.94. The van der Waals surface area contributed by atoms with Gasteiger partial charge in [0.15, 0.2) is 0 Å². The molecule has 0 aliphatic rings. The molecule has 0 aromatic carbocycles. The average molecular weight is 270 g/mol. The van der Waals surface area contributed by atoms with Crippen LogP contribution in [0.3, 0.4) is 0 Å². The van der Waals surface area contributed by atoms with E-state index in [0.29, 0.717) is 19.7 Å². The first-order chi connectivity index (χ1) is 8.65. The molecule has 1 aromatic heterocycles. The molecule has 0 radical (unpaired) electrons. The molecule has 18 heavy (non-hydrogen) atoms. The number of nitrogens with zero attached hydrogens (tertiary/aromatic N) is 1. The molecule has 0 fully saturated rings. The highest BCUT2D eigenvalue weighted by atomic mass is 32.1. The molecule has 1 rings (SSSR count). The summed E-state index contributed by atoms with van der Waals surface area (Å²) in [4.78, 5) is 14.7. The van der Waals surface area contributed by atoms with E-state index in [1.165, 1.54) is 10.4 Å². The molecular formula is C13H22N2O2S. The number of hydrogen-bond donors (Lipinski definition) is 1. The Bertz CT molecular complexity index is 366. The molecule has 0 saturated carbocycles. The first-order valence-corrected chi connectivity index (χ1v) is 7.12. The summed E-state index contributed by atoms with van der Waals surface area (Å²) in [6.07, 6.45) is 0.853. The van der Waals surface area contributed by atoms with Crippen molar-refractivity contribution in [1.82, 2.24) is 10.2 Å². The zero-order valence-corrected chi connectivity index (χ0v) is 12.2. The molecule has 5 heteroatoms. The molecule has 4 nitrogen and oxygen atoms in total. The molecule has 1 aromatic rings. The molecule has 0 saturated heterocycles. The van der Waals surface area contributed by atoms with Crippen molar-refractivity contribution < 1.29 is 9.53 Å². The van der Waals surface area contributed by atoms with Gasteiger partial charge in [0, 0.05) is 31.7 Å². The number of hydrogen-bond acceptors (Lipinski definition) is 3. The third kappa shape index (κ3) is 5.06. The van der Waals surface area contributed by atoms with Gasteiger partial charge in [0.2, 0.25) is 0 Å². The van der Waals surface area contributed by atoms with Gasteiger partial charge < -0.3 is 15.0 Å². The fourth-order valence-electron chi connectivity index (χ4n) is 1.50. The number of urea groups is 1. The molecular weight excluding hydrogens is 248 g/mol. The van der Waals surface area contributed by atoms with Crippen molar-refractivity contribution in [1.29, 1.82) is 0 Å². The van der Waals surface area contributed by atoms with Crippen LogP contribution in [0.5, 0.6) is 0 Å². The summed E-state index contributed by atoms with van der Waals surface area (Å²) in [6, 6.07) is 2.05. The minimum atomic E-state index is -0.0284. The van der Waals surface area contributed by atoms with E-state index >= 15 is 0 Å². The number of carbonyl (C=O) groups excluding carboxylic acids is 1. The molecule has 0 aliphatic heterocycles. The third-order valence-corrected chi connectivity index (χ3v) is 3.65. The number of amides is 2. The molecule has 2 amide bonds. The Balaban J connectivity index is 2.23. The molecule has 1 heterocycles. The average Bonchev–Trinajstić information content (AvgIpc) is 2.74. The second-order valence-electron chi connectivity index (χ2n) is 4.17. The summed E-state index contributed by atoms with van der Waals surface area (Å²) in [5.41, 5.74) is 1.25. The number of nitrogens with one attached hydrogen (secondary N) is 1. The molecule has 0 atom stereocenters. The van der Waals surface area contributed by atoms with E-state index in [0.717, 1.165) is 13.0 Å². The van der Waals surface area contributed by atoms with Gasteiger partial charge in [-0.1, -0.05) is 0 Å². The Hall–Kier alpha value is -1.07. The lowest BCUT2D eigenvalue weighted by atomic mass is 10.3. The van der Waals surface area contributed by atoms with Crippen LogP contribution >= 0.6 is 11.3 Å². The first-order valence-electron chi connectivity index (χ1n) is 6.24. The number of carbonyl (C=O) groups is 1. The van der Waals surface area contributed by atoms with Crippen LogP contribution in [-0.2, 0) is 11.3 Å². The van der Waals surface area contributed by atoms with E-state index in [1.54, 1.807) is 16.2 Å². The fraction of sp³-hybridized carbons (Fsp3) is 0.615. The van der Waals surface area contributed by atoms with Gasteiger partial charge in [-0.05, 0) is 37.3 Å². The third-order valence-electron chi connectivity index (χ3n) is 2.64. The Morgan fingerprint density at radius 1 is 1.56 bits per heavy atom. The Labute approximate surface area is 113 Å². The van der Waals surface area contributed by atoms with Crippen LogP contribution in [0, 0.1) is 6.92 Å². The maximum atomic E-state index is 11.8. The molecule has 1 N–H and O–H groups in total. The van der Waals surface area contributed by atoms with Crippen molar-refractivity contribution in [2.24, 2.45) is 0 Å². The Morgan fingerprint density at radius 3 is 2.94 bits per heavy atom. The van der Waals surface area contributed by atoms with Gasteiger partial charge >= 0.3 is 6.03 Å². The summed E-state index contributed by atoms with van der Waals surface area (Å²) < 4.78 is 5.21. The van der Waals surface area contributed by atoms with Crippen LogP contribution in [-0.4, -0.2) is 37.7 Å². The van der Waals surface area contributed by atoms with Crippen molar-refractivity contribution in [3.05, 3.63) is 21.9 Å². The maximum Gasteiger partial charge on any atom is 0.317 e. The van der Waals surface area contributed by atoms with Gasteiger partial charge in [0.05, 0.1) is 6.54 Å². The van der Waals surface area contributed by atoms with Crippen LogP contribution in [0.25, 0.3) is 0 Å². The van der Waals surface area contributed by atoms with E-state index in [2.05, 4.69) is 23.7 Å². The van der Waals surface area contributed by atoms with Gasteiger partial charge in [-0.25, -0.2) is 4.79 Å². The van der Waals surface area contributed by atoms with E-state index in [4.69, 9.17) is 4.74 Å². The minimum Gasteiger partial charge on any atom is -0.382 e. The van der Waals surface area contributed by atoms with Crippen LogP contribution in [0.15, 0.2) is 11.4 Å². The van der Waals surface area contributed by atoms with Gasteiger partial charge in [0.1, 0.15) is 0 Å². The number of ether oxygens (including phenoxy) is 1. The first kappa shape index (κ1) is 15.0. The zero-order valence-electron chi connectivity index (χ0n) is 11.4. The number of aryl methyl sites for hydroxylation is 1. The van der Waals surface area contributed by atoms with Crippen molar-refractivity contribution in [3.63, 3.8) is 0 Å². The maximum absolute atomic E-state index is 11.8. The van der Waals surface area contributed by atoms with Crippen LogP contribution in [0.2, 0.25) is 0 Å². The molecule has 0 unspecified atom stereocenters. The molecule has 0 bridgehead atoms. The normalized spacial score (nSPS) is 10.4. The minimum absolute atomic E-state index is 0.0284. The summed E-state index contributed by atoms with van der Waals surface area (Å²) in [7, 11) is 1.82. The molecule has 102 valence electrons. The van der Waals surface area contributed by atoms with Gasteiger partial charge in [-0.3, -0.25) is 0 Å². The zero-order chi connectivity index (χ0) is 13.4. The highest BCUT2D eigenvalue weighted by Crippen LogP contribution is 2.17. The second-order valence-corrected chi connectivity index (χ2v) is 5.17. The Morgan fingerprint density at radius 2 is 2.33 bits per heavy atom. The van der Waals surface area contributed by atoms with Crippen LogP contribution in [0.4, 0.5) is 4.79 Å². The highest BCUT2D eigenvalue weighted by molar-refractivity contribution is 7.10. The van der Waals surface area contributed by atoms with Crippen LogP contribution < -0.4 is 5.32 Å². The van der Waals surface area contributed by atoms with E-state index in [-0.39, 0.29) is 6.03 Å². The molecule has 0 spiro atoms. The molecule has 0 aliphatic carbocycles. The highest BCUT2D eigenvalue weighted by Gasteiger charge is 2.10. The van der Waals surface area contributed by atoms with Crippen molar-refractivity contribution in [3.8, 4) is 0 Å². The van der Waals surface area contributed by atoms with Crippen LogP contribution in [0.1, 0.15) is 23.8 Å². The second kappa shape index (κ2) is 8.11. The van der Waals surface area contributed by atoms with Crippen molar-refractivity contribution in [2.45, 2.75) is 26.8 Å². The summed E-state index contributed by atoms with van der Waals surface area (Å²) in [6.45, 7) is 6.79. The van der Waals surface area contributed by atoms with E-state index in [9.17, 15) is 4.79 Å². The van der Waals surface area contributed by atoms with Gasteiger partial charge in [-0.2, -0.15) is 0 Å². The summed E-state index contributed by atoms with van der Waals surface area (Å²) >= 11 is 1.69. The lowest BCUT2D eigenvalue weighted by molar-refractivity contribution is 0.144. The predicted octanol–water partition coefficient (Wildman–Crippen LogP) is 2.62. The lowest BCUT2D eigenvalue weighted by Gasteiger charge is -2.17. The standard InChI is InChI=1S/C13H22N2O2S/c1-4-17-8-5-7-14-13(16)15(3)10-12-11(2)6-9-18-12/h6,9H,4-5,7-8,10H2,1-3H3,(H,14,16). The Kier molecular flexibility index (Phi) is 6.75. The van der Waals surface area contributed by atoms with Gasteiger partial charge in [-0.15, -0.1) is 11.3 Å². The topological polar surface area (TPSA) is 41.6 Å². The predicted molar refractivity (Wildman–Crippen MR) is 75.0 cm³/mol. The van der Waals surface area contributed by atoms with E-state index < -0.39 is 0 Å². The van der Waals surface area contributed by atoms with E-state index in [1.807, 2.05) is 14.0 Å². The summed E-state index contributed by atoms with van der Waals surface area (Å²) in [5.74, 6) is 0. The fourth-order valence-corrected chi connectivity index (χ4v) is 2.46. The van der Waals surface area contributed by atoms with Crippen molar-refractivity contribution in [2.75, 3.05) is 26.8 Å². The SMILES string of the molecule is CCOCCCNC(=O)N(C)Cc1sccc1C. The van der Waals surface area contributed by atoms with Gasteiger partial charge in [0.25, 0.3) is 0 Å². The lowest BCUT2D eigenvalue weighted by Crippen LogP contribution is -2.37. The number of thiophene rings is 1. The monoisotopic (exact) mass is 270 g/mol.